The van der Waals surface area contributed by atoms with Crippen molar-refractivity contribution in [3.63, 3.8) is 0 Å². The van der Waals surface area contributed by atoms with E-state index in [9.17, 15) is 0 Å². The Balaban J connectivity index is 3.31. The van der Waals surface area contributed by atoms with Crippen molar-refractivity contribution in [2.24, 2.45) is 0 Å². The van der Waals surface area contributed by atoms with E-state index in [1.807, 2.05) is 0 Å². The summed E-state index contributed by atoms with van der Waals surface area (Å²) < 4.78 is 6.40. The normalized spacial score (nSPS) is 14.5. The summed E-state index contributed by atoms with van der Waals surface area (Å²) in [6.07, 6.45) is 3.30. The fraction of sp³-hybridized carbons (Fsp3) is 1.00. The van der Waals surface area contributed by atoms with Gasteiger partial charge in [0.25, 0.3) is 0 Å². The Morgan fingerprint density at radius 1 is 1.31 bits per heavy atom. The maximum absolute atomic E-state index is 5.96. The number of unbranched alkanes of at least 4 members (excludes halogenated alkanes) is 1. The fourth-order valence-electron chi connectivity index (χ4n) is 0.902. The minimum Gasteiger partial charge on any atom is -0.357 e. The molecule has 0 saturated carbocycles. The van der Waals surface area contributed by atoms with E-state index < -0.39 is 0 Å². The van der Waals surface area contributed by atoms with Gasteiger partial charge in [0.1, 0.15) is 12.1 Å². The quantitative estimate of drug-likeness (QED) is 0.462. The van der Waals surface area contributed by atoms with Gasteiger partial charge in [-0.25, -0.2) is 0 Å². The lowest BCUT2D eigenvalue weighted by Crippen LogP contribution is -2.38. The molecule has 0 bridgehead atoms. The Labute approximate surface area is 87.4 Å². The minimum absolute atomic E-state index is 0.0912. The number of rotatable bonds is 7. The largest absolute Gasteiger partial charge is 0.357 e. The highest BCUT2D eigenvalue weighted by Gasteiger charge is 2.09. The van der Waals surface area contributed by atoms with Gasteiger partial charge >= 0.3 is 0 Å². The zero-order valence-corrected chi connectivity index (χ0v) is 10.1. The van der Waals surface area contributed by atoms with Crippen molar-refractivity contribution < 1.29 is 9.22 Å². The van der Waals surface area contributed by atoms with Crippen molar-refractivity contribution in [3.8, 4) is 0 Å². The lowest BCUT2D eigenvalue weighted by atomic mass is 10.3. The molecule has 0 aromatic rings. The van der Waals surface area contributed by atoms with Crippen LogP contribution < -0.4 is 0 Å². The predicted octanol–water partition coefficient (Wildman–Crippen LogP) is 2.46. The topological polar surface area (TPSA) is 9.23 Å². The van der Waals surface area contributed by atoms with Gasteiger partial charge in [0.05, 0.1) is 27.7 Å². The van der Waals surface area contributed by atoms with Crippen LogP contribution in [0, 0.1) is 0 Å². The molecule has 0 heterocycles. The summed E-state index contributed by atoms with van der Waals surface area (Å²) in [5.41, 5.74) is -0.0912. The van der Waals surface area contributed by atoms with Gasteiger partial charge in [-0.15, -0.1) is 0 Å². The predicted molar refractivity (Wildman–Crippen MR) is 58.0 cm³/mol. The lowest BCUT2D eigenvalue weighted by molar-refractivity contribution is -0.870. The summed E-state index contributed by atoms with van der Waals surface area (Å²) in [6.45, 7) is 3.92. The molecule has 0 aliphatic heterocycles. The lowest BCUT2D eigenvalue weighted by Gasteiger charge is -2.24. The SMILES string of the molecule is CCCCC(Cl)OCC[N+](C)(C)C. The Hall–Kier alpha value is 0.210. The molecule has 3 heteroatoms. The number of alkyl halides is 1. The van der Waals surface area contributed by atoms with Gasteiger partial charge in [-0.05, 0) is 12.8 Å². The van der Waals surface area contributed by atoms with Gasteiger partial charge < -0.3 is 9.22 Å². The fourth-order valence-corrected chi connectivity index (χ4v) is 1.15. The molecule has 13 heavy (non-hydrogen) atoms. The molecule has 0 fully saturated rings. The summed E-state index contributed by atoms with van der Waals surface area (Å²) >= 11 is 5.96. The first kappa shape index (κ1) is 13.2. The molecule has 0 amide bonds. The summed E-state index contributed by atoms with van der Waals surface area (Å²) in [5, 5.41) is 0. The van der Waals surface area contributed by atoms with Crippen LogP contribution in [-0.4, -0.2) is 44.3 Å². The number of halogens is 1. The van der Waals surface area contributed by atoms with Crippen LogP contribution >= 0.6 is 11.6 Å². The average molecular weight is 209 g/mol. The zero-order valence-electron chi connectivity index (χ0n) is 9.35. The third-order valence-electron chi connectivity index (χ3n) is 1.85. The summed E-state index contributed by atoms with van der Waals surface area (Å²) in [4.78, 5) is 0. The summed E-state index contributed by atoms with van der Waals surface area (Å²) in [7, 11) is 6.45. The number of ether oxygens (including phenoxy) is 1. The minimum atomic E-state index is -0.0912. The third kappa shape index (κ3) is 10.1. The van der Waals surface area contributed by atoms with E-state index in [-0.39, 0.29) is 5.56 Å². The maximum Gasteiger partial charge on any atom is 0.131 e. The van der Waals surface area contributed by atoms with E-state index in [0.29, 0.717) is 0 Å². The van der Waals surface area contributed by atoms with Crippen LogP contribution in [0.2, 0.25) is 0 Å². The summed E-state index contributed by atoms with van der Waals surface area (Å²) in [5.74, 6) is 0. The van der Waals surface area contributed by atoms with E-state index in [4.69, 9.17) is 16.3 Å². The van der Waals surface area contributed by atoms with Crippen LogP contribution in [0.1, 0.15) is 26.2 Å². The van der Waals surface area contributed by atoms with E-state index in [2.05, 4.69) is 28.1 Å². The van der Waals surface area contributed by atoms with Gasteiger partial charge in [0.15, 0.2) is 0 Å². The highest BCUT2D eigenvalue weighted by molar-refractivity contribution is 6.19. The van der Waals surface area contributed by atoms with Gasteiger partial charge in [0, 0.05) is 0 Å². The highest BCUT2D eigenvalue weighted by atomic mass is 35.5. The molecule has 80 valence electrons. The van der Waals surface area contributed by atoms with Crippen LogP contribution in [-0.2, 0) is 4.74 Å². The first-order chi connectivity index (χ1) is 5.95. The van der Waals surface area contributed by atoms with E-state index in [0.717, 1.165) is 30.5 Å². The van der Waals surface area contributed by atoms with E-state index >= 15 is 0 Å². The number of quaternary nitrogens is 1. The molecule has 0 radical (unpaired) electrons. The Kier molecular flexibility index (Phi) is 6.74. The van der Waals surface area contributed by atoms with E-state index in [1.54, 1.807) is 0 Å². The molecule has 0 rings (SSSR count). The molecule has 1 atom stereocenters. The monoisotopic (exact) mass is 208 g/mol. The van der Waals surface area contributed by atoms with Gasteiger partial charge in [-0.2, -0.15) is 0 Å². The molecule has 0 spiro atoms. The zero-order chi connectivity index (χ0) is 10.3. The first-order valence-electron chi connectivity index (χ1n) is 5.02. The molecule has 0 aromatic heterocycles. The summed E-state index contributed by atoms with van der Waals surface area (Å²) in [6, 6.07) is 0. The van der Waals surface area contributed by atoms with Crippen molar-refractivity contribution in [2.75, 3.05) is 34.3 Å². The van der Waals surface area contributed by atoms with Crippen LogP contribution in [0.25, 0.3) is 0 Å². The molecular formula is C10H23ClNO+. The number of hydrogen-bond acceptors (Lipinski definition) is 1. The molecule has 1 unspecified atom stereocenters. The smallest absolute Gasteiger partial charge is 0.131 e. The van der Waals surface area contributed by atoms with Crippen LogP contribution in [0.15, 0.2) is 0 Å². The van der Waals surface area contributed by atoms with Crippen molar-refractivity contribution in [1.82, 2.24) is 0 Å². The second kappa shape index (κ2) is 6.63. The van der Waals surface area contributed by atoms with Crippen LogP contribution in [0.4, 0.5) is 0 Å². The molecule has 0 aromatic carbocycles. The van der Waals surface area contributed by atoms with Crippen LogP contribution in [0.5, 0.6) is 0 Å². The number of nitrogens with zero attached hydrogens (tertiary/aromatic N) is 1. The third-order valence-corrected chi connectivity index (χ3v) is 2.19. The van der Waals surface area contributed by atoms with Crippen molar-refractivity contribution in [1.29, 1.82) is 0 Å². The van der Waals surface area contributed by atoms with Crippen molar-refractivity contribution >= 4 is 11.6 Å². The molecular weight excluding hydrogens is 186 g/mol. The van der Waals surface area contributed by atoms with Crippen molar-refractivity contribution in [3.05, 3.63) is 0 Å². The van der Waals surface area contributed by atoms with E-state index in [1.165, 1.54) is 6.42 Å². The maximum atomic E-state index is 5.96. The molecule has 2 nitrogen and oxygen atoms in total. The van der Waals surface area contributed by atoms with Gasteiger partial charge in [-0.3, -0.25) is 0 Å². The Morgan fingerprint density at radius 2 is 1.92 bits per heavy atom. The van der Waals surface area contributed by atoms with Crippen LogP contribution in [0.3, 0.4) is 0 Å². The second-order valence-electron chi connectivity index (χ2n) is 4.44. The Bertz CT molecular complexity index is 123. The number of likely N-dealkylation sites (N-methyl/N-ethyl adjacent to an activating group) is 1. The van der Waals surface area contributed by atoms with Gasteiger partial charge in [0.2, 0.25) is 0 Å². The molecule has 0 saturated heterocycles. The number of hydrogen-bond donors (Lipinski definition) is 0. The molecule has 0 N–H and O–H groups in total. The molecule has 0 aliphatic carbocycles. The molecule has 0 aliphatic rings. The average Bonchev–Trinajstić information content (AvgIpc) is 1.98. The van der Waals surface area contributed by atoms with Gasteiger partial charge in [-0.1, -0.05) is 24.9 Å². The van der Waals surface area contributed by atoms with Crippen molar-refractivity contribution in [2.45, 2.75) is 31.7 Å². The Morgan fingerprint density at radius 3 is 2.38 bits per heavy atom. The highest BCUT2D eigenvalue weighted by Crippen LogP contribution is 2.08. The standard InChI is InChI=1S/C10H23ClNO/c1-5-6-7-10(11)13-9-8-12(2,3)4/h10H,5-9H2,1-4H3/q+1. The second-order valence-corrected chi connectivity index (χ2v) is 4.92. The first-order valence-corrected chi connectivity index (χ1v) is 5.45.